The summed E-state index contributed by atoms with van der Waals surface area (Å²) < 4.78 is 86.3. The van der Waals surface area contributed by atoms with Crippen molar-refractivity contribution in [3.8, 4) is 22.5 Å². The van der Waals surface area contributed by atoms with Crippen LogP contribution in [0.4, 0.5) is 26.3 Å². The van der Waals surface area contributed by atoms with Crippen LogP contribution in [0.15, 0.2) is 82.3 Å². The molecule has 250 valence electrons. The lowest BCUT2D eigenvalue weighted by atomic mass is 10.1. The first-order valence-corrected chi connectivity index (χ1v) is 14.5. The first-order valence-electron chi connectivity index (χ1n) is 12.9. The lowest BCUT2D eigenvalue weighted by Gasteiger charge is -2.10. The molecule has 48 heavy (non-hydrogen) atoms. The van der Waals surface area contributed by atoms with Crippen LogP contribution in [0.5, 0.6) is 0 Å². The van der Waals surface area contributed by atoms with Crippen molar-refractivity contribution in [2.24, 2.45) is 5.73 Å². The van der Waals surface area contributed by atoms with E-state index in [4.69, 9.17) is 5.73 Å². The van der Waals surface area contributed by atoms with Gasteiger partial charge < -0.3 is 16.6 Å². The van der Waals surface area contributed by atoms with Crippen LogP contribution < -0.4 is 11.9 Å². The van der Waals surface area contributed by atoms with E-state index in [9.17, 15) is 35.9 Å². The van der Waals surface area contributed by atoms with Gasteiger partial charge in [0.05, 0.1) is 19.5 Å². The second kappa shape index (κ2) is 13.7. The van der Waals surface area contributed by atoms with Crippen LogP contribution in [-0.4, -0.2) is 47.7 Å². The van der Waals surface area contributed by atoms with Crippen molar-refractivity contribution in [2.75, 3.05) is 7.11 Å². The third kappa shape index (κ3) is 7.32. The summed E-state index contributed by atoms with van der Waals surface area (Å²) in [6.45, 7) is 0. The van der Waals surface area contributed by atoms with Crippen LogP contribution in [0.3, 0.4) is 0 Å². The average molecular weight is 802 g/mol. The third-order valence-corrected chi connectivity index (χ3v) is 7.40. The Bertz CT molecular complexity index is 2170. The van der Waals surface area contributed by atoms with Gasteiger partial charge in [-0.05, 0) is 24.3 Å². The number of carbonyl (C=O) groups is 2. The van der Waals surface area contributed by atoms with Gasteiger partial charge in [0, 0.05) is 32.5 Å². The second-order valence-electron chi connectivity index (χ2n) is 9.50. The van der Waals surface area contributed by atoms with E-state index in [1.54, 1.807) is 48.5 Å². The summed E-state index contributed by atoms with van der Waals surface area (Å²) in [5, 5.41) is 0. The molecule has 0 bridgehead atoms. The van der Waals surface area contributed by atoms with Gasteiger partial charge >= 0.3 is 18.3 Å². The Morgan fingerprint density at radius 3 is 1.54 bits per heavy atom. The Hall–Kier alpha value is -4.88. The van der Waals surface area contributed by atoms with Crippen LogP contribution in [0.2, 0.25) is 0 Å². The number of aromatic nitrogens is 6. The van der Waals surface area contributed by atoms with Crippen LogP contribution in [0.25, 0.3) is 33.8 Å². The molecule has 0 aliphatic heterocycles. The molecule has 0 saturated carbocycles. The fourth-order valence-electron chi connectivity index (χ4n) is 4.38. The number of carbonyl (C=O) groups excluding carboxylic acids is 2. The third-order valence-electron chi connectivity index (χ3n) is 6.41. The normalized spacial score (nSPS) is 11.5. The minimum atomic E-state index is -4.62. The standard InChI is InChI=1S/C15H9BrF3N3O2.C14H8BrF3N4O.H3N/c1-24-14(23)10-7-22-11(15(17,18)19)6-20-13(22)12(21-10)8-3-2-4-9(16)5-8;15-8-3-1-2-7(4-8)11-13-20-5-10(14(16,17)18)22(13)6-9(21-11)12(19)23;/h2-7H,1H3;1-6H,(H2,19,23);1H3. The zero-order chi connectivity index (χ0) is 34.3. The maximum absolute atomic E-state index is 13.2. The van der Waals surface area contributed by atoms with E-state index in [0.717, 1.165) is 28.3 Å². The highest BCUT2D eigenvalue weighted by molar-refractivity contribution is 9.10. The molecule has 0 atom stereocenters. The molecule has 0 fully saturated rings. The summed E-state index contributed by atoms with van der Waals surface area (Å²) in [6.07, 6.45) is -5.93. The summed E-state index contributed by atoms with van der Waals surface area (Å²) in [5.74, 6) is -1.76. The van der Waals surface area contributed by atoms with Gasteiger partial charge in [0.2, 0.25) is 0 Å². The molecule has 0 aliphatic carbocycles. The Labute approximate surface area is 282 Å². The van der Waals surface area contributed by atoms with Crippen LogP contribution in [0.1, 0.15) is 32.4 Å². The molecule has 4 heterocycles. The van der Waals surface area contributed by atoms with Crippen molar-refractivity contribution >= 4 is 55.0 Å². The number of methoxy groups -OCH3 is 1. The van der Waals surface area contributed by atoms with E-state index in [1.807, 2.05) is 0 Å². The van der Waals surface area contributed by atoms with Crippen molar-refractivity contribution < 1.29 is 40.7 Å². The number of primary amides is 1. The Balaban J connectivity index is 0.000000212. The smallest absolute Gasteiger partial charge is 0.433 e. The van der Waals surface area contributed by atoms with Gasteiger partial charge in [0.1, 0.15) is 28.5 Å². The highest BCUT2D eigenvalue weighted by atomic mass is 79.9. The maximum atomic E-state index is 13.2. The Kier molecular flexibility index (Phi) is 10.3. The van der Waals surface area contributed by atoms with Gasteiger partial charge in [-0.15, -0.1) is 0 Å². The number of rotatable bonds is 4. The molecule has 11 nitrogen and oxygen atoms in total. The summed E-state index contributed by atoms with van der Waals surface area (Å²) in [6, 6.07) is 13.6. The van der Waals surface area contributed by atoms with E-state index in [0.29, 0.717) is 32.5 Å². The molecule has 6 aromatic rings. The highest BCUT2D eigenvalue weighted by Gasteiger charge is 2.36. The summed E-state index contributed by atoms with van der Waals surface area (Å²) >= 11 is 6.58. The monoisotopic (exact) mass is 800 g/mol. The summed E-state index contributed by atoms with van der Waals surface area (Å²) in [5.41, 5.74) is 3.94. The summed E-state index contributed by atoms with van der Waals surface area (Å²) in [4.78, 5) is 39.0. The minimum Gasteiger partial charge on any atom is -0.464 e. The fourth-order valence-corrected chi connectivity index (χ4v) is 5.18. The van der Waals surface area contributed by atoms with Crippen LogP contribution >= 0.6 is 31.9 Å². The number of hydrogen-bond donors (Lipinski definition) is 2. The topological polar surface area (TPSA) is 165 Å². The van der Waals surface area contributed by atoms with Crippen LogP contribution in [0, 0.1) is 0 Å². The van der Waals surface area contributed by atoms with Gasteiger partial charge in [-0.1, -0.05) is 56.1 Å². The van der Waals surface area contributed by atoms with E-state index in [2.05, 4.69) is 56.5 Å². The molecular formula is C29H20Br2F6N8O3. The number of esters is 1. The van der Waals surface area contributed by atoms with Crippen molar-refractivity contribution in [1.29, 1.82) is 0 Å². The predicted octanol–water partition coefficient (Wildman–Crippen LogP) is 7.40. The van der Waals surface area contributed by atoms with Crippen molar-refractivity contribution in [1.82, 2.24) is 34.9 Å². The second-order valence-corrected chi connectivity index (χ2v) is 11.3. The van der Waals surface area contributed by atoms with E-state index in [-0.39, 0.29) is 40.2 Å². The number of hydrogen-bond acceptors (Lipinski definition) is 8. The van der Waals surface area contributed by atoms with E-state index < -0.39 is 35.6 Å². The van der Waals surface area contributed by atoms with Crippen molar-refractivity contribution in [3.63, 3.8) is 0 Å². The molecule has 2 aromatic carbocycles. The molecule has 0 saturated heterocycles. The highest BCUT2D eigenvalue weighted by Crippen LogP contribution is 2.34. The van der Waals surface area contributed by atoms with Gasteiger partial charge in [-0.25, -0.2) is 24.7 Å². The first-order chi connectivity index (χ1) is 22.1. The van der Waals surface area contributed by atoms with Crippen LogP contribution in [-0.2, 0) is 17.1 Å². The quantitative estimate of drug-likeness (QED) is 0.138. The Morgan fingerprint density at radius 1 is 0.750 bits per heavy atom. The molecule has 0 unspecified atom stereocenters. The maximum Gasteiger partial charge on any atom is 0.433 e. The molecular weight excluding hydrogens is 782 g/mol. The van der Waals surface area contributed by atoms with Gasteiger partial charge in [-0.2, -0.15) is 26.3 Å². The number of amides is 1. The number of halogens is 8. The first kappa shape index (κ1) is 36.0. The lowest BCUT2D eigenvalue weighted by molar-refractivity contribution is -0.142. The number of benzene rings is 2. The Morgan fingerprint density at radius 2 is 1.17 bits per heavy atom. The average Bonchev–Trinajstić information content (AvgIpc) is 3.65. The van der Waals surface area contributed by atoms with E-state index in [1.165, 1.54) is 0 Å². The molecule has 19 heteroatoms. The van der Waals surface area contributed by atoms with Crippen molar-refractivity contribution in [2.45, 2.75) is 12.4 Å². The number of imidazole rings is 2. The molecule has 5 N–H and O–H groups in total. The molecule has 0 radical (unpaired) electrons. The van der Waals surface area contributed by atoms with E-state index >= 15 is 0 Å². The lowest BCUT2D eigenvalue weighted by Crippen LogP contribution is -2.16. The van der Waals surface area contributed by atoms with Gasteiger partial charge in [0.15, 0.2) is 17.0 Å². The molecule has 0 aliphatic rings. The number of alkyl halides is 6. The largest absolute Gasteiger partial charge is 0.464 e. The fraction of sp³-hybridized carbons (Fsp3) is 0.103. The molecule has 6 rings (SSSR count). The minimum absolute atomic E-state index is 0. The zero-order valence-electron chi connectivity index (χ0n) is 24.1. The number of fused-ring (bicyclic) bond motifs is 2. The molecule has 1 amide bonds. The molecule has 0 spiro atoms. The van der Waals surface area contributed by atoms with Crippen molar-refractivity contribution in [3.05, 3.63) is 105 Å². The summed E-state index contributed by atoms with van der Waals surface area (Å²) in [7, 11) is 1.13. The number of ether oxygens (including phenoxy) is 1. The molecule has 4 aromatic heterocycles. The van der Waals surface area contributed by atoms with Gasteiger partial charge in [0.25, 0.3) is 5.91 Å². The number of nitrogens with two attached hydrogens (primary N) is 1. The number of nitrogens with zero attached hydrogens (tertiary/aromatic N) is 6. The predicted molar refractivity (Wildman–Crippen MR) is 167 cm³/mol. The SMILES string of the molecule is COC(=O)c1cn2c(C(F)(F)F)cnc2c(-c2cccc(Br)c2)n1.N.NC(=O)c1cn2c(C(F)(F)F)cnc2c(-c2cccc(Br)c2)n1. The van der Waals surface area contributed by atoms with Gasteiger partial charge in [-0.3, -0.25) is 13.6 Å². The zero-order valence-corrected chi connectivity index (χ0v) is 27.3.